The van der Waals surface area contributed by atoms with E-state index in [0.717, 1.165) is 0 Å². The van der Waals surface area contributed by atoms with Crippen molar-refractivity contribution in [3.05, 3.63) is 34.2 Å². The Kier molecular flexibility index (Phi) is 2.48. The summed E-state index contributed by atoms with van der Waals surface area (Å²) in [6, 6.07) is 0. The number of nitrogens with zero attached hydrogens (tertiary/aromatic N) is 2. The SMILES string of the molecule is Cc1nc(Cl)c(C2OC=CO2)c(Cl)n1. The zero-order chi connectivity index (χ0) is 10.1. The summed E-state index contributed by atoms with van der Waals surface area (Å²) in [5, 5.41) is 0.493. The Labute approximate surface area is 90.5 Å². The minimum absolute atomic E-state index is 0.246. The van der Waals surface area contributed by atoms with Gasteiger partial charge in [0.05, 0.1) is 0 Å². The third-order valence-corrected chi connectivity index (χ3v) is 2.24. The Balaban J connectivity index is 2.41. The van der Waals surface area contributed by atoms with E-state index in [4.69, 9.17) is 32.7 Å². The van der Waals surface area contributed by atoms with Crippen LogP contribution in [0.5, 0.6) is 0 Å². The quantitative estimate of drug-likeness (QED) is 0.699. The van der Waals surface area contributed by atoms with Crippen LogP contribution in [0.2, 0.25) is 10.3 Å². The normalized spacial score (nSPS) is 15.4. The van der Waals surface area contributed by atoms with Crippen LogP contribution in [-0.4, -0.2) is 9.97 Å². The molecule has 6 heteroatoms. The summed E-state index contributed by atoms with van der Waals surface area (Å²) in [4.78, 5) is 7.92. The van der Waals surface area contributed by atoms with Gasteiger partial charge >= 0.3 is 0 Å². The van der Waals surface area contributed by atoms with E-state index < -0.39 is 6.29 Å². The van der Waals surface area contributed by atoms with Crippen molar-refractivity contribution >= 4 is 23.2 Å². The van der Waals surface area contributed by atoms with Crippen molar-refractivity contribution in [2.24, 2.45) is 0 Å². The van der Waals surface area contributed by atoms with E-state index in [1.807, 2.05) is 0 Å². The monoisotopic (exact) mass is 232 g/mol. The van der Waals surface area contributed by atoms with Crippen LogP contribution in [-0.2, 0) is 9.47 Å². The van der Waals surface area contributed by atoms with Crippen LogP contribution in [0.4, 0.5) is 0 Å². The Morgan fingerprint density at radius 2 is 1.64 bits per heavy atom. The molecule has 2 rings (SSSR count). The third-order valence-electron chi connectivity index (χ3n) is 1.66. The van der Waals surface area contributed by atoms with Crippen LogP contribution in [0.25, 0.3) is 0 Å². The van der Waals surface area contributed by atoms with Gasteiger partial charge in [-0.3, -0.25) is 0 Å². The van der Waals surface area contributed by atoms with Gasteiger partial charge in [-0.15, -0.1) is 0 Å². The summed E-state index contributed by atoms with van der Waals surface area (Å²) >= 11 is 11.8. The molecule has 2 heterocycles. The number of halogens is 2. The number of rotatable bonds is 1. The highest BCUT2D eigenvalue weighted by molar-refractivity contribution is 6.34. The van der Waals surface area contributed by atoms with Gasteiger partial charge in [-0.25, -0.2) is 9.97 Å². The molecular weight excluding hydrogens is 227 g/mol. The molecule has 0 saturated heterocycles. The second-order valence-corrected chi connectivity index (χ2v) is 3.36. The molecule has 1 aromatic heterocycles. The second-order valence-electron chi connectivity index (χ2n) is 2.64. The van der Waals surface area contributed by atoms with Gasteiger partial charge in [0.15, 0.2) is 0 Å². The number of aromatic nitrogens is 2. The molecular formula is C8H6Cl2N2O2. The molecule has 0 fully saturated rings. The van der Waals surface area contributed by atoms with Crippen molar-refractivity contribution in [2.45, 2.75) is 13.2 Å². The average Bonchev–Trinajstić information content (AvgIpc) is 2.54. The van der Waals surface area contributed by atoms with E-state index >= 15 is 0 Å². The lowest BCUT2D eigenvalue weighted by Gasteiger charge is -2.12. The first-order valence-electron chi connectivity index (χ1n) is 3.84. The number of hydrogen-bond donors (Lipinski definition) is 0. The first-order chi connectivity index (χ1) is 6.68. The molecule has 74 valence electrons. The highest BCUT2D eigenvalue weighted by Crippen LogP contribution is 2.33. The Bertz CT molecular complexity index is 364. The third kappa shape index (κ3) is 1.63. The minimum Gasteiger partial charge on any atom is -0.455 e. The van der Waals surface area contributed by atoms with Crippen LogP contribution in [0, 0.1) is 6.92 Å². The van der Waals surface area contributed by atoms with Gasteiger partial charge in [0.2, 0.25) is 0 Å². The lowest BCUT2D eigenvalue weighted by atomic mass is 10.3. The number of aryl methyl sites for hydroxylation is 1. The molecule has 0 unspecified atom stereocenters. The Morgan fingerprint density at radius 3 is 2.14 bits per heavy atom. The largest absolute Gasteiger partial charge is 0.455 e. The molecule has 0 aromatic carbocycles. The van der Waals surface area contributed by atoms with Crippen molar-refractivity contribution in [3.8, 4) is 0 Å². The summed E-state index contributed by atoms with van der Waals surface area (Å²) in [6.07, 6.45) is 2.18. The number of ether oxygens (including phenoxy) is 2. The van der Waals surface area contributed by atoms with Crippen LogP contribution in [0.3, 0.4) is 0 Å². The van der Waals surface area contributed by atoms with Crippen molar-refractivity contribution < 1.29 is 9.47 Å². The van der Waals surface area contributed by atoms with Crippen molar-refractivity contribution in [1.82, 2.24) is 9.97 Å². The fraction of sp³-hybridized carbons (Fsp3) is 0.250. The molecule has 0 bridgehead atoms. The molecule has 0 radical (unpaired) electrons. The Morgan fingerprint density at radius 1 is 1.14 bits per heavy atom. The van der Waals surface area contributed by atoms with Crippen LogP contribution >= 0.6 is 23.2 Å². The smallest absolute Gasteiger partial charge is 0.272 e. The zero-order valence-electron chi connectivity index (χ0n) is 7.20. The van der Waals surface area contributed by atoms with Crippen LogP contribution in [0.1, 0.15) is 17.7 Å². The molecule has 0 amide bonds. The van der Waals surface area contributed by atoms with Gasteiger partial charge in [-0.1, -0.05) is 23.2 Å². The highest BCUT2D eigenvalue weighted by atomic mass is 35.5. The number of hydrogen-bond acceptors (Lipinski definition) is 4. The summed E-state index contributed by atoms with van der Waals surface area (Å²) < 4.78 is 10.2. The molecule has 14 heavy (non-hydrogen) atoms. The maximum Gasteiger partial charge on any atom is 0.272 e. The maximum absolute atomic E-state index is 5.89. The van der Waals surface area contributed by atoms with Gasteiger partial charge in [-0.05, 0) is 6.92 Å². The van der Waals surface area contributed by atoms with E-state index in [9.17, 15) is 0 Å². The molecule has 1 aromatic rings. The van der Waals surface area contributed by atoms with Gasteiger partial charge < -0.3 is 9.47 Å². The summed E-state index contributed by atoms with van der Waals surface area (Å²) in [5.41, 5.74) is 0.448. The fourth-order valence-corrected chi connectivity index (χ4v) is 1.73. The van der Waals surface area contributed by atoms with Gasteiger partial charge in [0.1, 0.15) is 34.2 Å². The molecule has 1 aliphatic rings. The van der Waals surface area contributed by atoms with E-state index in [1.54, 1.807) is 6.92 Å². The van der Waals surface area contributed by atoms with Gasteiger partial charge in [-0.2, -0.15) is 0 Å². The van der Waals surface area contributed by atoms with Crippen LogP contribution < -0.4 is 0 Å². The molecule has 0 aliphatic carbocycles. The van der Waals surface area contributed by atoms with Crippen LogP contribution in [0.15, 0.2) is 12.5 Å². The van der Waals surface area contributed by atoms with Gasteiger partial charge in [0, 0.05) is 0 Å². The second kappa shape index (κ2) is 3.63. The maximum atomic E-state index is 5.89. The zero-order valence-corrected chi connectivity index (χ0v) is 8.71. The average molecular weight is 233 g/mol. The molecule has 4 nitrogen and oxygen atoms in total. The fourth-order valence-electron chi connectivity index (χ4n) is 1.08. The lowest BCUT2D eigenvalue weighted by molar-refractivity contribution is -0.0249. The first-order valence-corrected chi connectivity index (χ1v) is 4.59. The minimum atomic E-state index is -0.643. The molecule has 1 aliphatic heterocycles. The predicted molar refractivity (Wildman–Crippen MR) is 50.8 cm³/mol. The summed E-state index contributed by atoms with van der Waals surface area (Å²) in [7, 11) is 0. The van der Waals surface area contributed by atoms with Crippen molar-refractivity contribution in [3.63, 3.8) is 0 Å². The molecule has 0 N–H and O–H groups in total. The molecule has 0 saturated carbocycles. The van der Waals surface area contributed by atoms with Crippen molar-refractivity contribution in [1.29, 1.82) is 0 Å². The van der Waals surface area contributed by atoms with Crippen molar-refractivity contribution in [2.75, 3.05) is 0 Å². The van der Waals surface area contributed by atoms with E-state index in [2.05, 4.69) is 9.97 Å². The molecule has 0 atom stereocenters. The first kappa shape index (κ1) is 9.55. The standard InChI is InChI=1S/C8H6Cl2N2O2/c1-4-11-6(9)5(7(10)12-4)8-13-2-3-14-8/h2-3,8H,1H3. The predicted octanol–water partition coefficient (Wildman–Crippen LogP) is 2.61. The lowest BCUT2D eigenvalue weighted by Crippen LogP contribution is -2.04. The van der Waals surface area contributed by atoms with E-state index in [0.29, 0.717) is 11.4 Å². The summed E-state index contributed by atoms with van der Waals surface area (Å²) in [5.74, 6) is 0.509. The van der Waals surface area contributed by atoms with E-state index in [-0.39, 0.29) is 10.3 Å². The topological polar surface area (TPSA) is 44.2 Å². The molecule has 0 spiro atoms. The highest BCUT2D eigenvalue weighted by Gasteiger charge is 2.24. The Hall–Kier alpha value is -1.000. The summed E-state index contributed by atoms with van der Waals surface area (Å²) in [6.45, 7) is 1.70. The van der Waals surface area contributed by atoms with Gasteiger partial charge in [0.25, 0.3) is 6.29 Å². The van der Waals surface area contributed by atoms with E-state index in [1.165, 1.54) is 12.5 Å².